The van der Waals surface area contributed by atoms with Gasteiger partial charge in [0.2, 0.25) is 0 Å². The standard InChI is InChI=1S/2C27H36N4O6S/c2*1-17(2)37-26(21-11-10-18(3)14-28-21)19(4)38(32,33)16-24-29-30-27(20-12-13-36-15-20)31(24)25-22(34-5)8-7-9-23(25)35-6/h2*7-11,14,17,19-20,26H,12-13,15-16H2,1-6H3/t19-,20?,26+;19-,20+,26+/m00/s1. The van der Waals surface area contributed by atoms with Gasteiger partial charge in [-0.2, -0.15) is 0 Å². The average Bonchev–Trinajstić information content (AvgIpc) is 4.26. The molecule has 20 nitrogen and oxygen atoms in total. The summed E-state index contributed by atoms with van der Waals surface area (Å²) >= 11 is 0. The molecule has 6 aromatic rings. The number of para-hydroxylation sites is 2. The Hall–Kier alpha value is -6.04. The zero-order chi connectivity index (χ0) is 54.9. The molecule has 0 aliphatic carbocycles. The highest BCUT2D eigenvalue weighted by atomic mass is 32.2. The van der Waals surface area contributed by atoms with Gasteiger partial charge in [0.15, 0.2) is 31.3 Å². The van der Waals surface area contributed by atoms with E-state index in [4.69, 9.17) is 37.9 Å². The summed E-state index contributed by atoms with van der Waals surface area (Å²) in [6.07, 6.45) is 3.04. The fourth-order valence-electron chi connectivity index (χ4n) is 9.17. The van der Waals surface area contributed by atoms with E-state index in [1.807, 2.05) is 77.9 Å². The van der Waals surface area contributed by atoms with Crippen LogP contribution in [0.3, 0.4) is 0 Å². The maximum absolute atomic E-state index is 13.9. The van der Waals surface area contributed by atoms with Crippen molar-refractivity contribution in [3.8, 4) is 34.4 Å². The molecule has 2 aliphatic heterocycles. The van der Waals surface area contributed by atoms with Crippen molar-refractivity contribution in [3.63, 3.8) is 0 Å². The third kappa shape index (κ3) is 13.2. The topological polar surface area (TPSA) is 229 Å². The van der Waals surface area contributed by atoms with Crippen LogP contribution in [0.15, 0.2) is 73.1 Å². The van der Waals surface area contributed by atoms with E-state index in [-0.39, 0.29) is 47.2 Å². The van der Waals surface area contributed by atoms with Crippen LogP contribution in [-0.4, -0.2) is 134 Å². The van der Waals surface area contributed by atoms with E-state index in [0.29, 0.717) is 83.8 Å². The van der Waals surface area contributed by atoms with E-state index in [9.17, 15) is 16.8 Å². The van der Waals surface area contributed by atoms with Crippen molar-refractivity contribution in [1.82, 2.24) is 39.5 Å². The van der Waals surface area contributed by atoms with E-state index in [1.165, 1.54) is 0 Å². The second-order valence-corrected chi connectivity index (χ2v) is 24.2. The van der Waals surface area contributed by atoms with Gasteiger partial charge in [0.05, 0.1) is 75.7 Å². The largest absolute Gasteiger partial charge is 0.494 e. The number of methoxy groups -OCH3 is 4. The van der Waals surface area contributed by atoms with Crippen LogP contribution in [0, 0.1) is 13.8 Å². The normalized spacial score (nSPS) is 17.5. The van der Waals surface area contributed by atoms with Crippen molar-refractivity contribution in [1.29, 1.82) is 0 Å². The molecule has 6 heterocycles. The van der Waals surface area contributed by atoms with Crippen molar-refractivity contribution in [3.05, 3.63) is 119 Å². The molecule has 1 unspecified atom stereocenters. The van der Waals surface area contributed by atoms with Gasteiger partial charge in [0, 0.05) is 37.4 Å². The Morgan fingerprint density at radius 2 is 0.895 bits per heavy atom. The molecule has 2 aliphatic rings. The van der Waals surface area contributed by atoms with Crippen molar-refractivity contribution in [2.24, 2.45) is 0 Å². The van der Waals surface area contributed by atoms with Crippen LogP contribution in [0.5, 0.6) is 23.0 Å². The number of hydrogen-bond donors (Lipinski definition) is 0. The van der Waals surface area contributed by atoms with Gasteiger partial charge in [-0.3, -0.25) is 19.1 Å². The molecule has 0 radical (unpaired) electrons. The van der Waals surface area contributed by atoms with Gasteiger partial charge in [0.25, 0.3) is 0 Å². The lowest BCUT2D eigenvalue weighted by molar-refractivity contribution is 0.00382. The van der Waals surface area contributed by atoms with E-state index in [2.05, 4.69) is 30.4 Å². The van der Waals surface area contributed by atoms with Crippen molar-refractivity contribution >= 4 is 19.7 Å². The number of benzene rings is 2. The molecule has 0 saturated carbocycles. The first kappa shape index (κ1) is 57.7. The molecular weight excluding hydrogens is 1020 g/mol. The summed E-state index contributed by atoms with van der Waals surface area (Å²) in [5, 5.41) is 15.8. The molecule has 2 fully saturated rings. The number of ether oxygens (including phenoxy) is 8. The maximum Gasteiger partial charge on any atom is 0.163 e. The zero-order valence-corrected chi connectivity index (χ0v) is 47.1. The summed E-state index contributed by atoms with van der Waals surface area (Å²) in [6, 6.07) is 18.2. The SMILES string of the molecule is COc1cccc(OC)c1-n1c(CS(=O)(=O)[C@@H](C)[C@@H](OC(C)C)c2ccc(C)cn2)nnc1C1CCOC1.COc1cccc(OC)c1-n1c(CS(=O)(=O)[C@@H](C)[C@@H](OC(C)C)c2ccc(C)cn2)nnc1[C@@H]1CCOC1. The van der Waals surface area contributed by atoms with Gasteiger partial charge in [-0.15, -0.1) is 20.4 Å². The molecule has 0 spiro atoms. The smallest absolute Gasteiger partial charge is 0.163 e. The lowest BCUT2D eigenvalue weighted by Gasteiger charge is -2.26. The summed E-state index contributed by atoms with van der Waals surface area (Å²) in [7, 11) is -1.37. The summed E-state index contributed by atoms with van der Waals surface area (Å²) in [5.74, 6) is 3.00. The van der Waals surface area contributed by atoms with Gasteiger partial charge >= 0.3 is 0 Å². The maximum atomic E-state index is 13.9. The molecule has 76 heavy (non-hydrogen) atoms. The Labute approximate surface area is 446 Å². The minimum Gasteiger partial charge on any atom is -0.494 e. The summed E-state index contributed by atoms with van der Waals surface area (Å²) < 4.78 is 105. The molecule has 412 valence electrons. The van der Waals surface area contributed by atoms with Gasteiger partial charge in [-0.05, 0) is 116 Å². The number of pyridine rings is 2. The van der Waals surface area contributed by atoms with Crippen molar-refractivity contribution in [2.45, 2.75) is 126 Å². The lowest BCUT2D eigenvalue weighted by Crippen LogP contribution is -2.31. The zero-order valence-electron chi connectivity index (χ0n) is 45.5. The molecule has 6 atom stereocenters. The van der Waals surface area contributed by atoms with Crippen LogP contribution >= 0.6 is 0 Å². The molecule has 0 bridgehead atoms. The summed E-state index contributed by atoms with van der Waals surface area (Å²) in [6.45, 7) is 16.8. The predicted octanol–water partition coefficient (Wildman–Crippen LogP) is 7.92. The van der Waals surface area contributed by atoms with E-state index in [1.54, 1.807) is 88.1 Å². The highest BCUT2D eigenvalue weighted by Crippen LogP contribution is 2.40. The third-order valence-electron chi connectivity index (χ3n) is 13.3. The minimum atomic E-state index is -3.80. The first-order chi connectivity index (χ1) is 36.3. The van der Waals surface area contributed by atoms with Crippen LogP contribution in [0.2, 0.25) is 0 Å². The Morgan fingerprint density at radius 1 is 0.539 bits per heavy atom. The van der Waals surface area contributed by atoms with E-state index < -0.39 is 42.4 Å². The second-order valence-electron chi connectivity index (χ2n) is 19.5. The molecule has 8 rings (SSSR count). The van der Waals surface area contributed by atoms with Gasteiger partial charge in [-0.25, -0.2) is 16.8 Å². The Morgan fingerprint density at radius 3 is 1.17 bits per heavy atom. The molecule has 2 saturated heterocycles. The third-order valence-corrected chi connectivity index (χ3v) is 17.4. The highest BCUT2D eigenvalue weighted by Gasteiger charge is 2.39. The summed E-state index contributed by atoms with van der Waals surface area (Å²) in [5.41, 5.74) is 4.20. The number of nitrogens with zero attached hydrogens (tertiary/aromatic N) is 8. The molecule has 22 heteroatoms. The lowest BCUT2D eigenvalue weighted by atomic mass is 10.1. The van der Waals surface area contributed by atoms with Crippen molar-refractivity contribution in [2.75, 3.05) is 54.9 Å². The Bertz CT molecular complexity index is 2830. The molecule has 2 aromatic carbocycles. The molecular formula is C54H72N8O12S2. The monoisotopic (exact) mass is 1090 g/mol. The van der Waals surface area contributed by atoms with E-state index >= 15 is 0 Å². The number of aromatic nitrogens is 8. The molecule has 4 aromatic heterocycles. The van der Waals surface area contributed by atoms with Gasteiger partial charge in [-0.1, -0.05) is 24.3 Å². The van der Waals surface area contributed by atoms with Crippen LogP contribution in [-0.2, 0) is 50.1 Å². The van der Waals surface area contributed by atoms with Gasteiger partial charge < -0.3 is 37.9 Å². The fourth-order valence-corrected chi connectivity index (χ4v) is 11.9. The molecule has 0 N–H and O–H groups in total. The first-order valence-corrected chi connectivity index (χ1v) is 28.8. The van der Waals surface area contributed by atoms with Crippen LogP contribution in [0.25, 0.3) is 11.4 Å². The average molecular weight is 1090 g/mol. The number of hydrogen-bond acceptors (Lipinski definition) is 18. The van der Waals surface area contributed by atoms with Crippen LogP contribution in [0.1, 0.15) is 124 Å². The second kappa shape index (κ2) is 25.4. The number of aryl methyl sites for hydroxylation is 2. The quantitative estimate of drug-likeness (QED) is 0.0628. The summed E-state index contributed by atoms with van der Waals surface area (Å²) in [4.78, 5) is 8.94. The first-order valence-electron chi connectivity index (χ1n) is 25.4. The number of sulfone groups is 2. The highest BCUT2D eigenvalue weighted by molar-refractivity contribution is 7.91. The van der Waals surface area contributed by atoms with Crippen LogP contribution in [0.4, 0.5) is 0 Å². The van der Waals surface area contributed by atoms with Gasteiger partial charge in [0.1, 0.15) is 69.7 Å². The molecule has 0 amide bonds. The van der Waals surface area contributed by atoms with Crippen molar-refractivity contribution < 1.29 is 54.7 Å². The minimum absolute atomic E-state index is 0.0419. The Balaban J connectivity index is 0.000000221. The van der Waals surface area contributed by atoms with E-state index in [0.717, 1.165) is 24.0 Å². The fraction of sp³-hybridized carbons (Fsp3) is 0.519. The number of rotatable bonds is 22. The Kier molecular flexibility index (Phi) is 19.3. The predicted molar refractivity (Wildman–Crippen MR) is 285 cm³/mol. The van der Waals surface area contributed by atoms with Crippen LogP contribution < -0.4 is 18.9 Å².